The summed E-state index contributed by atoms with van der Waals surface area (Å²) in [6.45, 7) is 9.97. The number of carbonyl (C=O) groups is 3. The quantitative estimate of drug-likeness (QED) is 0.219. The molecule has 7 fully saturated rings. The standard InChI is InChI=1S/C31H46O12/c1-4-26(13-35-14-26)19-38-23(32)41-29-7-22-8-30(10-29,42-24(33)39-20-27(5-2)15-36-16-27)12-31(9-22,11-29)43-25(34)40-21-28(6-3)17-37-18-28/h22H,4-21H2,1-3H3. The van der Waals surface area contributed by atoms with E-state index in [1.807, 2.05) is 20.8 Å². The van der Waals surface area contributed by atoms with Crippen LogP contribution in [-0.2, 0) is 42.6 Å². The first-order chi connectivity index (χ1) is 20.5. The second-order valence-corrected chi connectivity index (χ2v) is 14.5. The predicted molar refractivity (Wildman–Crippen MR) is 147 cm³/mol. The summed E-state index contributed by atoms with van der Waals surface area (Å²) in [5.41, 5.74) is -3.63. The van der Waals surface area contributed by atoms with E-state index in [-0.39, 0.29) is 61.2 Å². The zero-order valence-electron chi connectivity index (χ0n) is 25.7. The maximum atomic E-state index is 13.1. The fraction of sp³-hybridized carbons (Fsp3) is 0.903. The highest BCUT2D eigenvalue weighted by Gasteiger charge is 2.69. The van der Waals surface area contributed by atoms with Gasteiger partial charge in [-0.2, -0.15) is 0 Å². The molecule has 0 atom stereocenters. The molecule has 0 unspecified atom stereocenters. The van der Waals surface area contributed by atoms with Gasteiger partial charge in [-0.25, -0.2) is 14.4 Å². The summed E-state index contributed by atoms with van der Waals surface area (Å²) in [5.74, 6) is -0.00398. The van der Waals surface area contributed by atoms with Crippen LogP contribution in [0.3, 0.4) is 0 Å². The average molecular weight is 611 g/mol. The molecule has 0 aromatic carbocycles. The van der Waals surface area contributed by atoms with Crippen molar-refractivity contribution in [2.45, 2.75) is 95.4 Å². The summed E-state index contributed by atoms with van der Waals surface area (Å²) >= 11 is 0. The van der Waals surface area contributed by atoms with Crippen molar-refractivity contribution >= 4 is 18.5 Å². The summed E-state index contributed by atoms with van der Waals surface area (Å²) in [7, 11) is 0. The van der Waals surface area contributed by atoms with Gasteiger partial charge in [-0.15, -0.1) is 0 Å². The molecule has 0 N–H and O–H groups in total. The third-order valence-corrected chi connectivity index (χ3v) is 11.0. The van der Waals surface area contributed by atoms with Gasteiger partial charge in [0.1, 0.15) is 36.6 Å². The molecule has 0 aromatic heterocycles. The van der Waals surface area contributed by atoms with E-state index < -0.39 is 35.3 Å². The van der Waals surface area contributed by atoms with Crippen molar-refractivity contribution in [3.8, 4) is 0 Å². The minimum atomic E-state index is -1.02. The van der Waals surface area contributed by atoms with Gasteiger partial charge in [-0.05, 0) is 44.4 Å². The Bertz CT molecular complexity index is 919. The van der Waals surface area contributed by atoms with Gasteiger partial charge < -0.3 is 42.6 Å². The molecule has 242 valence electrons. The predicted octanol–water partition coefficient (Wildman–Crippen LogP) is 4.94. The minimum Gasteiger partial charge on any atom is -0.433 e. The summed E-state index contributed by atoms with van der Waals surface area (Å²) in [6.07, 6.45) is 2.67. The SMILES string of the molecule is CCC1(COC(=O)OC23CC4CC(OC(=O)OCC5(CC)COC5)(C2)CC(OC(=O)OCC2(CC)COC2)(C4)C3)COC1. The maximum absolute atomic E-state index is 13.1. The van der Waals surface area contributed by atoms with E-state index in [2.05, 4.69) is 0 Å². The molecule has 0 aromatic rings. The molecular weight excluding hydrogens is 564 g/mol. The molecule has 7 aliphatic rings. The fourth-order valence-electron chi connectivity index (χ4n) is 8.11. The van der Waals surface area contributed by atoms with Crippen molar-refractivity contribution in [1.29, 1.82) is 0 Å². The van der Waals surface area contributed by atoms with E-state index in [1.54, 1.807) is 0 Å². The minimum absolute atomic E-state index is 0.00398. The van der Waals surface area contributed by atoms with Crippen LogP contribution in [0.15, 0.2) is 0 Å². The number of ether oxygens (including phenoxy) is 9. The van der Waals surface area contributed by atoms with Crippen LogP contribution in [0.2, 0.25) is 0 Å². The van der Waals surface area contributed by atoms with Crippen molar-refractivity contribution in [3.63, 3.8) is 0 Å². The molecule has 12 nitrogen and oxygen atoms in total. The van der Waals surface area contributed by atoms with E-state index in [1.165, 1.54) is 0 Å². The molecule has 4 aliphatic carbocycles. The molecule has 12 heteroatoms. The Balaban J connectivity index is 1.16. The maximum Gasteiger partial charge on any atom is 0.508 e. The largest absolute Gasteiger partial charge is 0.508 e. The fourth-order valence-corrected chi connectivity index (χ4v) is 8.11. The van der Waals surface area contributed by atoms with Crippen LogP contribution in [-0.4, -0.2) is 94.7 Å². The van der Waals surface area contributed by atoms with Crippen molar-refractivity contribution < 1.29 is 57.0 Å². The van der Waals surface area contributed by atoms with Gasteiger partial charge in [-0.3, -0.25) is 0 Å². The first-order valence-corrected chi connectivity index (χ1v) is 15.8. The van der Waals surface area contributed by atoms with Gasteiger partial charge in [0, 0.05) is 19.3 Å². The third kappa shape index (κ3) is 6.03. The van der Waals surface area contributed by atoms with E-state index in [9.17, 15) is 14.4 Å². The second kappa shape index (κ2) is 11.2. The highest BCUT2D eigenvalue weighted by molar-refractivity contribution is 5.63. The van der Waals surface area contributed by atoms with Gasteiger partial charge in [0.15, 0.2) is 0 Å². The van der Waals surface area contributed by atoms with Crippen molar-refractivity contribution in [2.75, 3.05) is 59.5 Å². The number of rotatable bonds is 12. The lowest BCUT2D eigenvalue weighted by atomic mass is 9.50. The molecule has 3 aliphatic heterocycles. The molecule has 4 bridgehead atoms. The molecule has 0 spiro atoms. The highest BCUT2D eigenvalue weighted by atomic mass is 16.8. The van der Waals surface area contributed by atoms with Gasteiger partial charge in [0.05, 0.1) is 55.9 Å². The first-order valence-electron chi connectivity index (χ1n) is 15.8. The van der Waals surface area contributed by atoms with Crippen LogP contribution < -0.4 is 0 Å². The summed E-state index contributed by atoms with van der Waals surface area (Å²) < 4.78 is 51.1. The monoisotopic (exact) mass is 610 g/mol. The zero-order chi connectivity index (χ0) is 30.4. The first kappa shape index (κ1) is 30.7. The molecule has 3 saturated heterocycles. The number of hydrogen-bond acceptors (Lipinski definition) is 12. The van der Waals surface area contributed by atoms with Crippen LogP contribution in [0.4, 0.5) is 14.4 Å². The van der Waals surface area contributed by atoms with Crippen molar-refractivity contribution in [3.05, 3.63) is 0 Å². The Kier molecular flexibility index (Phi) is 8.03. The van der Waals surface area contributed by atoms with Crippen LogP contribution in [0.25, 0.3) is 0 Å². The van der Waals surface area contributed by atoms with Crippen LogP contribution in [0.1, 0.15) is 78.6 Å². The second-order valence-electron chi connectivity index (χ2n) is 14.5. The van der Waals surface area contributed by atoms with E-state index in [0.717, 1.165) is 19.3 Å². The van der Waals surface area contributed by atoms with E-state index in [4.69, 9.17) is 42.6 Å². The van der Waals surface area contributed by atoms with Crippen molar-refractivity contribution in [1.82, 2.24) is 0 Å². The molecule has 0 amide bonds. The van der Waals surface area contributed by atoms with E-state index in [0.29, 0.717) is 58.9 Å². The van der Waals surface area contributed by atoms with Crippen molar-refractivity contribution in [2.24, 2.45) is 22.2 Å². The van der Waals surface area contributed by atoms with Gasteiger partial charge >= 0.3 is 18.5 Å². The lowest BCUT2D eigenvalue weighted by molar-refractivity contribution is -0.264. The Morgan fingerprint density at radius 2 is 0.814 bits per heavy atom. The molecule has 0 radical (unpaired) electrons. The van der Waals surface area contributed by atoms with Crippen LogP contribution >= 0.6 is 0 Å². The molecular formula is C31H46O12. The Morgan fingerprint density at radius 3 is 1.02 bits per heavy atom. The lowest BCUT2D eigenvalue weighted by Gasteiger charge is -2.63. The molecule has 3 heterocycles. The Labute approximate surface area is 252 Å². The number of hydrogen-bond donors (Lipinski definition) is 0. The normalized spacial score (nSPS) is 35.4. The van der Waals surface area contributed by atoms with Crippen LogP contribution in [0, 0.1) is 22.2 Å². The zero-order valence-corrected chi connectivity index (χ0v) is 25.7. The molecule has 43 heavy (non-hydrogen) atoms. The smallest absolute Gasteiger partial charge is 0.433 e. The third-order valence-electron chi connectivity index (χ3n) is 11.0. The van der Waals surface area contributed by atoms with Gasteiger partial charge in [0.25, 0.3) is 0 Å². The topological polar surface area (TPSA) is 134 Å². The summed E-state index contributed by atoms with van der Waals surface area (Å²) in [6, 6.07) is 0. The Morgan fingerprint density at radius 1 is 0.535 bits per heavy atom. The number of carbonyl (C=O) groups excluding carboxylic acids is 3. The Hall–Kier alpha value is -2.31. The summed E-state index contributed by atoms with van der Waals surface area (Å²) in [5, 5.41) is 0. The lowest BCUT2D eigenvalue weighted by Crippen LogP contribution is -2.69. The average Bonchev–Trinajstić information content (AvgIpc) is 2.86. The van der Waals surface area contributed by atoms with Gasteiger partial charge in [-0.1, -0.05) is 20.8 Å². The highest BCUT2D eigenvalue weighted by Crippen LogP contribution is 2.63. The summed E-state index contributed by atoms with van der Waals surface area (Å²) in [4.78, 5) is 39.2. The van der Waals surface area contributed by atoms with E-state index >= 15 is 0 Å². The van der Waals surface area contributed by atoms with Crippen LogP contribution in [0.5, 0.6) is 0 Å². The molecule has 4 saturated carbocycles. The molecule has 7 rings (SSSR count). The van der Waals surface area contributed by atoms with Gasteiger partial charge in [0.2, 0.25) is 0 Å².